The third-order valence-electron chi connectivity index (χ3n) is 4.54. The first-order valence-corrected chi connectivity index (χ1v) is 10.2. The second-order valence-electron chi connectivity index (χ2n) is 6.41. The molecule has 26 heavy (non-hydrogen) atoms. The number of benzene rings is 1. The topological polar surface area (TPSA) is 84.3 Å². The molecule has 0 unspecified atom stereocenters. The lowest BCUT2D eigenvalue weighted by molar-refractivity contribution is 0.0941. The molecule has 1 N–H and O–H groups in total. The van der Waals surface area contributed by atoms with Crippen LogP contribution in [0.5, 0.6) is 0 Å². The number of sulfonamides is 1. The van der Waals surface area contributed by atoms with Gasteiger partial charge in [-0.3, -0.25) is 9.48 Å². The van der Waals surface area contributed by atoms with E-state index in [0.717, 1.165) is 0 Å². The summed E-state index contributed by atoms with van der Waals surface area (Å²) in [7, 11) is -1.74. The van der Waals surface area contributed by atoms with E-state index in [-0.39, 0.29) is 16.7 Å². The number of hydrogen-bond donors (Lipinski definition) is 1. The Morgan fingerprint density at radius 2 is 1.92 bits per heavy atom. The van der Waals surface area contributed by atoms with E-state index in [4.69, 9.17) is 11.6 Å². The summed E-state index contributed by atoms with van der Waals surface area (Å²) >= 11 is 5.82. The SMILES string of the molecule is Cn1cc(C(=O)NCC2CCN(S(=O)(=O)c3ccc(Cl)cc3)CC2)cn1. The van der Waals surface area contributed by atoms with E-state index in [2.05, 4.69) is 10.4 Å². The van der Waals surface area contributed by atoms with Crippen LogP contribution in [0.1, 0.15) is 23.2 Å². The summed E-state index contributed by atoms with van der Waals surface area (Å²) in [6, 6.07) is 6.21. The van der Waals surface area contributed by atoms with E-state index in [1.165, 1.54) is 22.6 Å². The van der Waals surface area contributed by atoms with E-state index < -0.39 is 10.0 Å². The van der Waals surface area contributed by atoms with Gasteiger partial charge in [0.05, 0.1) is 16.7 Å². The number of aromatic nitrogens is 2. The lowest BCUT2D eigenvalue weighted by Gasteiger charge is -2.31. The maximum atomic E-state index is 12.7. The normalized spacial score (nSPS) is 16.5. The Morgan fingerprint density at radius 1 is 1.27 bits per heavy atom. The Morgan fingerprint density at radius 3 is 2.50 bits per heavy atom. The smallest absolute Gasteiger partial charge is 0.254 e. The van der Waals surface area contributed by atoms with Crippen molar-refractivity contribution in [1.29, 1.82) is 0 Å². The van der Waals surface area contributed by atoms with Crippen molar-refractivity contribution in [3.63, 3.8) is 0 Å². The van der Waals surface area contributed by atoms with E-state index in [1.54, 1.807) is 30.1 Å². The first kappa shape index (κ1) is 18.9. The number of carbonyl (C=O) groups excluding carboxylic acids is 1. The van der Waals surface area contributed by atoms with Crippen molar-refractivity contribution >= 4 is 27.5 Å². The Hall–Kier alpha value is -1.90. The maximum Gasteiger partial charge on any atom is 0.254 e. The predicted molar refractivity (Wildman–Crippen MR) is 98.5 cm³/mol. The molecule has 0 radical (unpaired) electrons. The molecule has 1 aromatic carbocycles. The second kappa shape index (κ2) is 7.77. The van der Waals surface area contributed by atoms with Crippen LogP contribution >= 0.6 is 11.6 Å². The van der Waals surface area contributed by atoms with Gasteiger partial charge in [0, 0.05) is 37.9 Å². The number of hydrogen-bond acceptors (Lipinski definition) is 4. The van der Waals surface area contributed by atoms with E-state index in [9.17, 15) is 13.2 Å². The average Bonchev–Trinajstić information content (AvgIpc) is 3.07. The highest BCUT2D eigenvalue weighted by Crippen LogP contribution is 2.24. The van der Waals surface area contributed by atoms with E-state index >= 15 is 0 Å². The van der Waals surface area contributed by atoms with Gasteiger partial charge in [0.2, 0.25) is 10.0 Å². The fourth-order valence-electron chi connectivity index (χ4n) is 2.99. The van der Waals surface area contributed by atoms with Crippen molar-refractivity contribution in [2.24, 2.45) is 13.0 Å². The molecule has 1 fully saturated rings. The molecule has 0 bridgehead atoms. The zero-order chi connectivity index (χ0) is 18.7. The van der Waals surface area contributed by atoms with Crippen molar-refractivity contribution in [3.8, 4) is 0 Å². The number of amides is 1. The molecule has 3 rings (SSSR count). The average molecular weight is 397 g/mol. The first-order valence-electron chi connectivity index (χ1n) is 8.39. The quantitative estimate of drug-likeness (QED) is 0.836. The number of rotatable bonds is 5. The molecule has 7 nitrogen and oxygen atoms in total. The molecule has 1 saturated heterocycles. The van der Waals surface area contributed by atoms with Crippen LogP contribution in [-0.4, -0.2) is 48.0 Å². The van der Waals surface area contributed by atoms with Crippen LogP contribution in [0.25, 0.3) is 0 Å². The zero-order valence-corrected chi connectivity index (χ0v) is 16.0. The molecule has 0 atom stereocenters. The number of carbonyl (C=O) groups is 1. The van der Waals surface area contributed by atoms with Gasteiger partial charge in [-0.05, 0) is 43.0 Å². The van der Waals surface area contributed by atoms with Crippen LogP contribution in [0.15, 0.2) is 41.6 Å². The van der Waals surface area contributed by atoms with Crippen LogP contribution in [0.4, 0.5) is 0 Å². The first-order chi connectivity index (χ1) is 12.4. The highest BCUT2D eigenvalue weighted by Gasteiger charge is 2.29. The second-order valence-corrected chi connectivity index (χ2v) is 8.79. The third-order valence-corrected chi connectivity index (χ3v) is 6.71. The van der Waals surface area contributed by atoms with Gasteiger partial charge in [0.25, 0.3) is 5.91 Å². The summed E-state index contributed by atoms with van der Waals surface area (Å²) in [5.74, 6) is 0.0987. The van der Waals surface area contributed by atoms with Crippen LogP contribution in [-0.2, 0) is 17.1 Å². The highest BCUT2D eigenvalue weighted by atomic mass is 35.5. The number of nitrogens with zero attached hydrogens (tertiary/aromatic N) is 3. The lowest BCUT2D eigenvalue weighted by atomic mass is 9.98. The van der Waals surface area contributed by atoms with Crippen LogP contribution in [0.2, 0.25) is 5.02 Å². The Labute approximate surface area is 158 Å². The third kappa shape index (κ3) is 4.25. The van der Waals surface area contributed by atoms with Crippen molar-refractivity contribution in [3.05, 3.63) is 47.2 Å². The number of nitrogens with one attached hydrogen (secondary N) is 1. The van der Waals surface area contributed by atoms with Gasteiger partial charge < -0.3 is 5.32 Å². The Bertz CT molecular complexity index is 872. The zero-order valence-electron chi connectivity index (χ0n) is 14.4. The summed E-state index contributed by atoms with van der Waals surface area (Å²) in [6.45, 7) is 1.42. The minimum Gasteiger partial charge on any atom is -0.352 e. The molecule has 0 spiro atoms. The molecular weight excluding hydrogens is 376 g/mol. The molecule has 0 saturated carbocycles. The monoisotopic (exact) mass is 396 g/mol. The van der Waals surface area contributed by atoms with Gasteiger partial charge in [-0.15, -0.1) is 0 Å². The molecule has 140 valence electrons. The summed E-state index contributed by atoms with van der Waals surface area (Å²) in [5, 5.41) is 7.38. The standard InChI is InChI=1S/C17H21ClN4O3S/c1-21-12-14(11-20-21)17(23)19-10-13-6-8-22(9-7-13)26(24,25)16-4-2-15(18)3-5-16/h2-5,11-13H,6-10H2,1H3,(H,19,23). The largest absolute Gasteiger partial charge is 0.352 e. The summed E-state index contributed by atoms with van der Waals surface area (Å²) in [5.41, 5.74) is 0.523. The summed E-state index contributed by atoms with van der Waals surface area (Å²) in [6.07, 6.45) is 4.60. The molecule has 9 heteroatoms. The maximum absolute atomic E-state index is 12.7. The van der Waals surface area contributed by atoms with Gasteiger partial charge in [-0.25, -0.2) is 8.42 Å². The van der Waals surface area contributed by atoms with Gasteiger partial charge in [-0.2, -0.15) is 9.40 Å². The molecule has 2 heterocycles. The van der Waals surface area contributed by atoms with Gasteiger partial charge >= 0.3 is 0 Å². The lowest BCUT2D eigenvalue weighted by Crippen LogP contribution is -2.41. The van der Waals surface area contributed by atoms with Crippen LogP contribution < -0.4 is 5.32 Å². The molecule has 1 aliphatic rings. The van der Waals surface area contributed by atoms with Crippen molar-refractivity contribution in [2.45, 2.75) is 17.7 Å². The van der Waals surface area contributed by atoms with Crippen LogP contribution in [0, 0.1) is 5.92 Å². The number of halogens is 1. The Balaban J connectivity index is 1.52. The predicted octanol–water partition coefficient (Wildman–Crippen LogP) is 1.90. The molecule has 1 amide bonds. The van der Waals surface area contributed by atoms with Crippen molar-refractivity contribution in [1.82, 2.24) is 19.4 Å². The summed E-state index contributed by atoms with van der Waals surface area (Å²) < 4.78 is 28.4. The van der Waals surface area contributed by atoms with Crippen molar-refractivity contribution < 1.29 is 13.2 Å². The molecular formula is C17H21ClN4O3S. The van der Waals surface area contributed by atoms with Gasteiger partial charge in [-0.1, -0.05) is 11.6 Å². The van der Waals surface area contributed by atoms with Gasteiger partial charge in [0.1, 0.15) is 0 Å². The molecule has 0 aliphatic carbocycles. The minimum atomic E-state index is -3.50. The minimum absolute atomic E-state index is 0.158. The number of piperidine rings is 1. The van der Waals surface area contributed by atoms with E-state index in [1.807, 2.05) is 0 Å². The van der Waals surface area contributed by atoms with Gasteiger partial charge in [0.15, 0.2) is 0 Å². The molecule has 1 aliphatic heterocycles. The highest BCUT2D eigenvalue weighted by molar-refractivity contribution is 7.89. The molecule has 2 aromatic rings. The Kier molecular flexibility index (Phi) is 5.64. The fraction of sp³-hybridized carbons (Fsp3) is 0.412. The fourth-order valence-corrected chi connectivity index (χ4v) is 4.58. The number of aryl methyl sites for hydroxylation is 1. The van der Waals surface area contributed by atoms with E-state index in [0.29, 0.717) is 43.1 Å². The molecule has 1 aromatic heterocycles. The van der Waals surface area contributed by atoms with Crippen molar-refractivity contribution in [2.75, 3.05) is 19.6 Å². The van der Waals surface area contributed by atoms with Crippen LogP contribution in [0.3, 0.4) is 0 Å². The summed E-state index contributed by atoms with van der Waals surface area (Å²) in [4.78, 5) is 12.3.